The van der Waals surface area contributed by atoms with Crippen molar-refractivity contribution in [3.05, 3.63) is 53.6 Å². The van der Waals surface area contributed by atoms with Gasteiger partial charge in [-0.1, -0.05) is 39.0 Å². The first-order valence-electron chi connectivity index (χ1n) is 15.0. The van der Waals surface area contributed by atoms with Crippen molar-refractivity contribution in [2.24, 2.45) is 17.1 Å². The molecule has 0 spiro atoms. The van der Waals surface area contributed by atoms with E-state index < -0.39 is 5.41 Å². The van der Waals surface area contributed by atoms with Crippen LogP contribution in [0.4, 0.5) is 5.69 Å². The summed E-state index contributed by atoms with van der Waals surface area (Å²) < 4.78 is 23.2. The van der Waals surface area contributed by atoms with Gasteiger partial charge < -0.3 is 34.9 Å². The molecule has 4 atom stereocenters. The van der Waals surface area contributed by atoms with E-state index in [1.165, 1.54) is 5.56 Å². The molecule has 226 valence electrons. The van der Waals surface area contributed by atoms with Crippen molar-refractivity contribution in [2.75, 3.05) is 52.0 Å². The molecule has 2 heterocycles. The highest BCUT2D eigenvalue weighted by Gasteiger charge is 2.34. The number of hydrogen-bond donors (Lipinski definition) is 2. The molecule has 0 aromatic heterocycles. The average Bonchev–Trinajstić information content (AvgIpc) is 2.96. The lowest BCUT2D eigenvalue weighted by Gasteiger charge is -2.39. The molecule has 2 aliphatic rings. The molecule has 0 bridgehead atoms. The van der Waals surface area contributed by atoms with Gasteiger partial charge in [0.2, 0.25) is 5.91 Å². The maximum Gasteiger partial charge on any atom is 0.223 e. The molecule has 1 saturated heterocycles. The Morgan fingerprint density at radius 1 is 1.20 bits per heavy atom. The third-order valence-electron chi connectivity index (χ3n) is 8.57. The number of carbonyl (C=O) groups is 1. The molecule has 8 heteroatoms. The van der Waals surface area contributed by atoms with E-state index in [9.17, 15) is 4.79 Å². The number of anilines is 1. The van der Waals surface area contributed by atoms with Crippen LogP contribution in [0.5, 0.6) is 11.5 Å². The largest absolute Gasteiger partial charge is 0.497 e. The number of amides is 1. The standard InChI is InChI=1S/C33H49N3O5/c1-23(20-33(2,3)32(34)37)17-26-19-28(25-8-10-27(39-5)11-9-25)31(21-35-26)41-22-24-7-12-30-29(18-24)36(14-16-40-30)13-6-15-38-4/h7-12,18,23,26,28,31,35H,6,13-17,19-22H2,1-5H3,(H2,34,37)/t23-,26+,28+,31-/m0/s1. The van der Waals surface area contributed by atoms with Gasteiger partial charge in [0.05, 0.1) is 32.1 Å². The Bertz CT molecular complexity index is 1120. The lowest BCUT2D eigenvalue weighted by Crippen LogP contribution is -2.47. The minimum Gasteiger partial charge on any atom is -0.497 e. The number of rotatable bonds is 14. The van der Waals surface area contributed by atoms with Crippen molar-refractivity contribution in [1.82, 2.24) is 5.32 Å². The van der Waals surface area contributed by atoms with Gasteiger partial charge in [-0.3, -0.25) is 4.79 Å². The van der Waals surface area contributed by atoms with Crippen LogP contribution in [0.2, 0.25) is 0 Å². The van der Waals surface area contributed by atoms with Crippen molar-refractivity contribution in [3.63, 3.8) is 0 Å². The Balaban J connectivity index is 1.44. The zero-order valence-corrected chi connectivity index (χ0v) is 25.5. The number of carbonyl (C=O) groups excluding carboxylic acids is 1. The third kappa shape index (κ3) is 8.37. The lowest BCUT2D eigenvalue weighted by atomic mass is 9.77. The van der Waals surface area contributed by atoms with Gasteiger partial charge in [-0.05, 0) is 67.0 Å². The summed E-state index contributed by atoms with van der Waals surface area (Å²) in [4.78, 5) is 14.3. The summed E-state index contributed by atoms with van der Waals surface area (Å²) in [7, 11) is 3.44. The Hall–Kier alpha value is -2.81. The predicted octanol–water partition coefficient (Wildman–Crippen LogP) is 4.89. The molecule has 2 aromatic carbocycles. The van der Waals surface area contributed by atoms with Gasteiger partial charge in [0, 0.05) is 44.2 Å². The number of piperidine rings is 1. The number of fused-ring (bicyclic) bond motifs is 1. The van der Waals surface area contributed by atoms with E-state index in [1.54, 1.807) is 14.2 Å². The fraction of sp³-hybridized carbons (Fsp3) is 0.606. The smallest absolute Gasteiger partial charge is 0.223 e. The Kier molecular flexibility index (Phi) is 10.9. The van der Waals surface area contributed by atoms with E-state index in [4.69, 9.17) is 24.7 Å². The molecule has 0 aliphatic carbocycles. The highest BCUT2D eigenvalue weighted by atomic mass is 16.5. The normalized spacial score (nSPS) is 21.6. The highest BCUT2D eigenvalue weighted by Crippen LogP contribution is 2.36. The molecule has 0 saturated carbocycles. The van der Waals surface area contributed by atoms with E-state index in [0.29, 0.717) is 25.2 Å². The highest BCUT2D eigenvalue weighted by molar-refractivity contribution is 5.79. The van der Waals surface area contributed by atoms with Gasteiger partial charge in [-0.2, -0.15) is 0 Å². The monoisotopic (exact) mass is 567 g/mol. The first-order valence-corrected chi connectivity index (χ1v) is 15.0. The van der Waals surface area contributed by atoms with Crippen LogP contribution in [0.15, 0.2) is 42.5 Å². The summed E-state index contributed by atoms with van der Waals surface area (Å²) in [5, 5.41) is 3.75. The Labute approximate surface area is 245 Å². The van der Waals surface area contributed by atoms with Crippen LogP contribution in [0, 0.1) is 11.3 Å². The molecular formula is C33H49N3O5. The summed E-state index contributed by atoms with van der Waals surface area (Å²) in [5.74, 6) is 2.16. The number of nitrogens with one attached hydrogen (secondary N) is 1. The van der Waals surface area contributed by atoms with Crippen LogP contribution in [0.1, 0.15) is 63.5 Å². The molecule has 8 nitrogen and oxygen atoms in total. The number of primary amides is 1. The fourth-order valence-corrected chi connectivity index (χ4v) is 6.31. The summed E-state index contributed by atoms with van der Waals surface area (Å²) in [6, 6.07) is 15.1. The maximum atomic E-state index is 11.9. The number of nitrogens with two attached hydrogens (primary N) is 1. The number of methoxy groups -OCH3 is 2. The van der Waals surface area contributed by atoms with Crippen molar-refractivity contribution >= 4 is 11.6 Å². The lowest BCUT2D eigenvalue weighted by molar-refractivity contribution is -0.126. The van der Waals surface area contributed by atoms with Crippen LogP contribution in [-0.2, 0) is 20.9 Å². The SMILES string of the molecule is COCCCN1CCOc2ccc(CO[C@H]3CN[C@H](C[C@H](C)CC(C)(C)C(N)=O)C[C@@H]3c3ccc(OC)cc3)cc21. The van der Waals surface area contributed by atoms with Crippen molar-refractivity contribution < 1.29 is 23.7 Å². The van der Waals surface area contributed by atoms with Crippen LogP contribution < -0.4 is 25.4 Å². The van der Waals surface area contributed by atoms with Gasteiger partial charge in [0.1, 0.15) is 18.1 Å². The molecule has 0 unspecified atom stereocenters. The molecule has 4 rings (SSSR count). The molecule has 41 heavy (non-hydrogen) atoms. The van der Waals surface area contributed by atoms with Crippen LogP contribution in [0.25, 0.3) is 0 Å². The fourth-order valence-electron chi connectivity index (χ4n) is 6.31. The van der Waals surface area contributed by atoms with E-state index in [2.05, 4.69) is 47.5 Å². The molecule has 3 N–H and O–H groups in total. The zero-order valence-electron chi connectivity index (χ0n) is 25.5. The second-order valence-electron chi connectivity index (χ2n) is 12.3. The van der Waals surface area contributed by atoms with Crippen LogP contribution in [-0.4, -0.2) is 65.1 Å². The summed E-state index contributed by atoms with van der Waals surface area (Å²) >= 11 is 0. The van der Waals surface area contributed by atoms with Crippen molar-refractivity contribution in [1.29, 1.82) is 0 Å². The Morgan fingerprint density at radius 3 is 2.68 bits per heavy atom. The van der Waals surface area contributed by atoms with E-state index in [1.807, 2.05) is 26.0 Å². The van der Waals surface area contributed by atoms with Gasteiger partial charge in [-0.15, -0.1) is 0 Å². The number of nitrogens with zero attached hydrogens (tertiary/aromatic N) is 1. The summed E-state index contributed by atoms with van der Waals surface area (Å²) in [6.45, 7) is 10.7. The molecule has 1 amide bonds. The molecule has 2 aromatic rings. The van der Waals surface area contributed by atoms with Crippen LogP contribution in [0.3, 0.4) is 0 Å². The predicted molar refractivity (Wildman–Crippen MR) is 163 cm³/mol. The molecular weight excluding hydrogens is 518 g/mol. The molecule has 1 fully saturated rings. The topological polar surface area (TPSA) is 95.3 Å². The molecule has 2 aliphatic heterocycles. The first kappa shape index (κ1) is 31.1. The minimum atomic E-state index is -0.506. The van der Waals surface area contributed by atoms with Crippen LogP contribution >= 0.6 is 0 Å². The zero-order chi connectivity index (χ0) is 29.4. The maximum absolute atomic E-state index is 11.9. The van der Waals surface area contributed by atoms with Gasteiger partial charge >= 0.3 is 0 Å². The van der Waals surface area contributed by atoms with Gasteiger partial charge in [-0.25, -0.2) is 0 Å². The number of benzene rings is 2. The van der Waals surface area contributed by atoms with E-state index in [-0.39, 0.29) is 17.9 Å². The van der Waals surface area contributed by atoms with Gasteiger partial charge in [0.25, 0.3) is 0 Å². The van der Waals surface area contributed by atoms with E-state index >= 15 is 0 Å². The van der Waals surface area contributed by atoms with Gasteiger partial charge in [0.15, 0.2) is 0 Å². The average molecular weight is 568 g/mol. The van der Waals surface area contributed by atoms with E-state index in [0.717, 1.165) is 74.7 Å². The third-order valence-corrected chi connectivity index (χ3v) is 8.57. The number of hydrogen-bond acceptors (Lipinski definition) is 7. The Morgan fingerprint density at radius 2 is 1.98 bits per heavy atom. The van der Waals surface area contributed by atoms with Crippen molar-refractivity contribution in [2.45, 2.75) is 71.1 Å². The molecule has 0 radical (unpaired) electrons. The summed E-state index contributed by atoms with van der Waals surface area (Å²) in [6.07, 6.45) is 3.73. The van der Waals surface area contributed by atoms with Crippen molar-refractivity contribution in [3.8, 4) is 11.5 Å². The number of ether oxygens (including phenoxy) is 4. The minimum absolute atomic E-state index is 0.0297. The summed E-state index contributed by atoms with van der Waals surface area (Å²) in [5.41, 5.74) is 8.68. The second-order valence-corrected chi connectivity index (χ2v) is 12.3. The first-order chi connectivity index (χ1) is 19.7. The quantitative estimate of drug-likeness (QED) is 0.314. The second kappa shape index (κ2) is 14.4.